The van der Waals surface area contributed by atoms with Crippen molar-refractivity contribution in [2.45, 2.75) is 161 Å². The van der Waals surface area contributed by atoms with Gasteiger partial charge in [-0.25, -0.2) is 0 Å². The van der Waals surface area contributed by atoms with Crippen LogP contribution in [0.5, 0.6) is 0 Å². The number of nitrogens with one attached hydrogen (secondary N) is 2. The van der Waals surface area contributed by atoms with E-state index < -0.39 is 6.29 Å². The van der Waals surface area contributed by atoms with Crippen LogP contribution < -0.4 is 16.4 Å². The number of amides is 2. The van der Waals surface area contributed by atoms with Gasteiger partial charge in [-0.2, -0.15) is 0 Å². The molecule has 9 nitrogen and oxygen atoms in total. The zero-order valence-corrected chi connectivity index (χ0v) is 35.0. The highest BCUT2D eigenvalue weighted by molar-refractivity contribution is 5.93. The van der Waals surface area contributed by atoms with E-state index in [4.69, 9.17) is 15.2 Å². The molecule has 0 saturated carbocycles. The van der Waals surface area contributed by atoms with Crippen LogP contribution in [0.15, 0.2) is 72.8 Å². The number of nitrogens with zero attached hydrogens (tertiary/aromatic N) is 1. The lowest BCUT2D eigenvalue weighted by Crippen LogP contribution is -2.40. The van der Waals surface area contributed by atoms with E-state index in [-0.39, 0.29) is 30.6 Å². The van der Waals surface area contributed by atoms with Gasteiger partial charge >= 0.3 is 0 Å². The van der Waals surface area contributed by atoms with Crippen LogP contribution in [-0.2, 0) is 25.7 Å². The lowest BCUT2D eigenvalue weighted by atomic mass is 9.99. The summed E-state index contributed by atoms with van der Waals surface area (Å²) in [7, 11) is 0. The third kappa shape index (κ3) is 17.7. The summed E-state index contributed by atoms with van der Waals surface area (Å²) in [5.41, 5.74) is 10.8. The van der Waals surface area contributed by atoms with E-state index in [2.05, 4.69) is 41.5 Å². The maximum Gasteiger partial charge on any atom is 0.224 e. The second kappa shape index (κ2) is 27.0. The Balaban J connectivity index is 1.29. The van der Waals surface area contributed by atoms with Crippen molar-refractivity contribution >= 4 is 28.9 Å². The number of nitrogen functional groups attached to an aromatic ring is 1. The molecule has 0 bridgehead atoms. The molecular weight excluding hydrogens is 713 g/mol. The molecule has 9 heteroatoms. The summed E-state index contributed by atoms with van der Waals surface area (Å²) in [6.45, 7) is 7.62. The summed E-state index contributed by atoms with van der Waals surface area (Å²) in [5.74, 6) is -0.0673. The van der Waals surface area contributed by atoms with Gasteiger partial charge in [-0.05, 0) is 74.2 Å². The number of aliphatic hydroxyl groups is 1. The Kier molecular flexibility index (Phi) is 21.8. The summed E-state index contributed by atoms with van der Waals surface area (Å²) in [6.07, 6.45) is 19.7. The minimum Gasteiger partial charge on any atom is -0.397 e. The minimum atomic E-state index is -0.534. The highest BCUT2D eigenvalue weighted by atomic mass is 16.7. The summed E-state index contributed by atoms with van der Waals surface area (Å²) in [6, 6.07) is 23.2. The van der Waals surface area contributed by atoms with Gasteiger partial charge in [-0.15, -0.1) is 0 Å². The topological polar surface area (TPSA) is 126 Å². The molecule has 3 aromatic rings. The first-order valence-corrected chi connectivity index (χ1v) is 22.2. The number of benzene rings is 3. The second-order valence-electron chi connectivity index (χ2n) is 15.9. The Morgan fingerprint density at radius 3 is 1.81 bits per heavy atom. The van der Waals surface area contributed by atoms with E-state index in [1.807, 2.05) is 48.5 Å². The monoisotopic (exact) mass is 785 g/mol. The summed E-state index contributed by atoms with van der Waals surface area (Å²) < 4.78 is 13.4. The Hall–Kier alpha value is -3.76. The van der Waals surface area contributed by atoms with Crippen LogP contribution in [0.1, 0.15) is 165 Å². The van der Waals surface area contributed by atoms with Crippen molar-refractivity contribution in [3.05, 3.63) is 89.5 Å². The third-order valence-corrected chi connectivity index (χ3v) is 11.0. The average Bonchev–Trinajstić information content (AvgIpc) is 3.22. The molecule has 57 heavy (non-hydrogen) atoms. The van der Waals surface area contributed by atoms with E-state index in [9.17, 15) is 14.7 Å². The molecule has 3 aromatic carbocycles. The van der Waals surface area contributed by atoms with E-state index in [1.54, 1.807) is 12.1 Å². The van der Waals surface area contributed by atoms with Crippen molar-refractivity contribution in [2.24, 2.45) is 0 Å². The lowest BCUT2D eigenvalue weighted by molar-refractivity contribution is -0.253. The van der Waals surface area contributed by atoms with Crippen LogP contribution in [0.4, 0.5) is 17.1 Å². The molecule has 4 rings (SSSR count). The van der Waals surface area contributed by atoms with E-state index in [0.717, 1.165) is 74.1 Å². The molecule has 0 aliphatic carbocycles. The molecule has 0 aromatic heterocycles. The zero-order chi connectivity index (χ0) is 40.5. The van der Waals surface area contributed by atoms with Crippen molar-refractivity contribution in [3.63, 3.8) is 0 Å². The number of carbonyl (C=O) groups is 2. The molecule has 3 unspecified atom stereocenters. The fraction of sp³-hybridized carbons (Fsp3) is 0.583. The van der Waals surface area contributed by atoms with Crippen LogP contribution in [0.3, 0.4) is 0 Å². The normalized spacial score (nSPS) is 16.8. The van der Waals surface area contributed by atoms with E-state index in [1.165, 1.54) is 77.0 Å². The Morgan fingerprint density at radius 2 is 1.21 bits per heavy atom. The second-order valence-corrected chi connectivity index (χ2v) is 15.9. The first-order valence-electron chi connectivity index (χ1n) is 22.2. The van der Waals surface area contributed by atoms with Crippen molar-refractivity contribution in [1.82, 2.24) is 4.90 Å². The zero-order valence-electron chi connectivity index (χ0n) is 35.0. The molecule has 2 amide bonds. The number of unbranched alkanes of at least 4 members (excludes halogenated alkanes) is 13. The predicted octanol–water partition coefficient (Wildman–Crippen LogP) is 11.2. The third-order valence-electron chi connectivity index (χ3n) is 11.0. The SMILES string of the molecule is CCCCCCCCN(CCCCCCCC)CC1CC(c2ccc(CO)cc2)OC(c2ccc(NC(=O)CCCCCCC(=O)Nc3ccccc3N)cc2)O1. The number of hydrogen-bond donors (Lipinski definition) is 4. The maximum absolute atomic E-state index is 12.8. The first kappa shape index (κ1) is 45.9. The van der Waals surface area contributed by atoms with Gasteiger partial charge in [0.15, 0.2) is 6.29 Å². The molecule has 0 spiro atoms. The van der Waals surface area contributed by atoms with Crippen LogP contribution in [-0.4, -0.2) is 47.6 Å². The molecule has 1 aliphatic heterocycles. The molecule has 3 atom stereocenters. The van der Waals surface area contributed by atoms with Gasteiger partial charge in [0, 0.05) is 37.1 Å². The average molecular weight is 785 g/mol. The van der Waals surface area contributed by atoms with Crippen LogP contribution in [0.25, 0.3) is 0 Å². The Morgan fingerprint density at radius 1 is 0.667 bits per heavy atom. The number of hydrogen-bond acceptors (Lipinski definition) is 7. The Bertz CT molecular complexity index is 1530. The highest BCUT2D eigenvalue weighted by Crippen LogP contribution is 2.38. The number of para-hydroxylation sites is 2. The predicted molar refractivity (Wildman–Crippen MR) is 234 cm³/mol. The molecule has 0 radical (unpaired) electrons. The highest BCUT2D eigenvalue weighted by Gasteiger charge is 2.33. The van der Waals surface area contributed by atoms with Gasteiger partial charge in [-0.1, -0.05) is 139 Å². The fourth-order valence-corrected chi connectivity index (χ4v) is 7.54. The number of aliphatic hydroxyl groups excluding tert-OH is 1. The number of rotatable bonds is 28. The van der Waals surface area contributed by atoms with Gasteiger partial charge in [0.05, 0.1) is 30.2 Å². The van der Waals surface area contributed by atoms with Crippen LogP contribution in [0.2, 0.25) is 0 Å². The van der Waals surface area contributed by atoms with Crippen molar-refractivity contribution in [1.29, 1.82) is 0 Å². The summed E-state index contributed by atoms with van der Waals surface area (Å²) in [5, 5.41) is 15.6. The number of anilines is 3. The maximum atomic E-state index is 12.8. The molecule has 1 fully saturated rings. The van der Waals surface area contributed by atoms with Gasteiger partial charge in [0.25, 0.3) is 0 Å². The van der Waals surface area contributed by atoms with Gasteiger partial charge in [0.2, 0.25) is 11.8 Å². The Labute approximate surface area is 343 Å². The van der Waals surface area contributed by atoms with Crippen LogP contribution in [0, 0.1) is 0 Å². The molecule has 314 valence electrons. The molecule has 1 saturated heterocycles. The number of carbonyl (C=O) groups excluding carboxylic acids is 2. The minimum absolute atomic E-state index is 0.00266. The first-order chi connectivity index (χ1) is 27.9. The van der Waals surface area contributed by atoms with Gasteiger partial charge in [-0.3, -0.25) is 9.59 Å². The van der Waals surface area contributed by atoms with Crippen molar-refractivity contribution < 1.29 is 24.2 Å². The number of ether oxygens (including phenoxy) is 2. The largest absolute Gasteiger partial charge is 0.397 e. The summed E-state index contributed by atoms with van der Waals surface area (Å²) >= 11 is 0. The van der Waals surface area contributed by atoms with Crippen molar-refractivity contribution in [3.8, 4) is 0 Å². The van der Waals surface area contributed by atoms with E-state index >= 15 is 0 Å². The quantitative estimate of drug-likeness (QED) is 0.0426. The lowest BCUT2D eigenvalue weighted by Gasteiger charge is -2.38. The smallest absolute Gasteiger partial charge is 0.224 e. The number of nitrogens with two attached hydrogens (primary N) is 1. The molecule has 5 N–H and O–H groups in total. The molecule has 1 heterocycles. The van der Waals surface area contributed by atoms with Crippen molar-refractivity contribution in [2.75, 3.05) is 36.0 Å². The standard InChI is InChI=1S/C48H72N4O5/c1-3-5-7-9-13-19-33-52(34-20-14-10-8-6-4-2)36-42-35-45(39-27-25-38(37-53)26-28-39)57-48(56-42)40-29-31-41(32-30-40)50-46(54)23-15-11-12-16-24-47(55)51-44-22-18-17-21-43(44)49/h17-18,21-22,25-32,42,45,48,53H,3-16,19-20,23-24,33-37,49H2,1-2H3,(H,50,54)(H,51,55). The molecule has 1 aliphatic rings. The summed E-state index contributed by atoms with van der Waals surface area (Å²) in [4.78, 5) is 27.7. The van der Waals surface area contributed by atoms with Gasteiger partial charge < -0.3 is 35.8 Å². The van der Waals surface area contributed by atoms with Crippen LogP contribution >= 0.6 is 0 Å². The molecular formula is C48H72N4O5. The van der Waals surface area contributed by atoms with Gasteiger partial charge in [0.1, 0.15) is 0 Å². The fourth-order valence-electron chi connectivity index (χ4n) is 7.54. The van der Waals surface area contributed by atoms with E-state index in [0.29, 0.717) is 24.2 Å².